The van der Waals surface area contributed by atoms with E-state index in [4.69, 9.17) is 4.74 Å². The lowest BCUT2D eigenvalue weighted by Crippen LogP contribution is -2.61. The first kappa shape index (κ1) is 26.0. The maximum absolute atomic E-state index is 12.4. The number of phenols is 1. The van der Waals surface area contributed by atoms with Crippen molar-refractivity contribution in [2.75, 3.05) is 0 Å². The Balaban J connectivity index is 0.000000168. The number of rotatable bonds is 5. The maximum atomic E-state index is 12.4. The first-order chi connectivity index (χ1) is 16.3. The number of hydrogen-bond acceptors (Lipinski definition) is 4. The maximum Gasteiger partial charge on any atom is 0.312 e. The van der Waals surface area contributed by atoms with Crippen LogP contribution in [0.15, 0.2) is 36.4 Å². The van der Waals surface area contributed by atoms with Crippen LogP contribution in [0.1, 0.15) is 98.0 Å². The molecule has 6 rings (SSSR count). The fourth-order valence-corrected chi connectivity index (χ4v) is 6.65. The van der Waals surface area contributed by atoms with Gasteiger partial charge in [0.1, 0.15) is 11.4 Å². The minimum absolute atomic E-state index is 0.0828. The first-order valence-corrected chi connectivity index (χ1v) is 13.5. The largest absolute Gasteiger partial charge is 0.508 e. The van der Waals surface area contributed by atoms with E-state index < -0.39 is 11.0 Å². The van der Waals surface area contributed by atoms with Gasteiger partial charge in [0, 0.05) is 6.42 Å². The molecule has 3 unspecified atom stereocenters. The van der Waals surface area contributed by atoms with Crippen molar-refractivity contribution in [2.45, 2.75) is 104 Å². The van der Waals surface area contributed by atoms with E-state index in [0.717, 1.165) is 37.5 Å². The number of phenolic OH excluding ortho intramolecular Hbond substituents is 1. The van der Waals surface area contributed by atoms with Crippen LogP contribution >= 0.6 is 0 Å². The average Bonchev–Trinajstić information content (AvgIpc) is 2.76. The number of aliphatic hydroxyl groups is 1. The monoisotopic (exact) mass is 480 g/mol. The lowest BCUT2D eigenvalue weighted by atomic mass is 9.52. The smallest absolute Gasteiger partial charge is 0.312 e. The minimum atomic E-state index is -0.555. The van der Waals surface area contributed by atoms with Crippen LogP contribution in [0.25, 0.3) is 10.8 Å². The molecular weight excluding hydrogens is 436 g/mol. The highest BCUT2D eigenvalue weighted by Gasteiger charge is 2.59. The Morgan fingerprint density at radius 1 is 1.03 bits per heavy atom. The topological polar surface area (TPSA) is 66.8 Å². The predicted octanol–water partition coefficient (Wildman–Crippen LogP) is 7.35. The highest BCUT2D eigenvalue weighted by atomic mass is 16.6. The molecule has 192 valence electrons. The van der Waals surface area contributed by atoms with E-state index in [-0.39, 0.29) is 11.6 Å². The molecule has 4 fully saturated rings. The Bertz CT molecular complexity index is 1050. The van der Waals surface area contributed by atoms with Gasteiger partial charge in [-0.1, -0.05) is 52.0 Å². The second kappa shape index (κ2) is 9.42. The molecule has 3 atom stereocenters. The molecule has 0 radical (unpaired) electrons. The van der Waals surface area contributed by atoms with Crippen LogP contribution in [0.4, 0.5) is 0 Å². The first-order valence-electron chi connectivity index (χ1n) is 13.5. The summed E-state index contributed by atoms with van der Waals surface area (Å²) < 4.78 is 5.97. The lowest BCUT2D eigenvalue weighted by Gasteiger charge is -2.59. The van der Waals surface area contributed by atoms with E-state index in [2.05, 4.69) is 39.0 Å². The molecule has 4 aliphatic carbocycles. The Labute approximate surface area is 211 Å². The molecule has 0 heterocycles. The Morgan fingerprint density at radius 2 is 1.63 bits per heavy atom. The zero-order valence-corrected chi connectivity index (χ0v) is 22.4. The fraction of sp³-hybridized carbons (Fsp3) is 0.645. The summed E-state index contributed by atoms with van der Waals surface area (Å²) in [6.07, 6.45) is 6.45. The van der Waals surface area contributed by atoms with Crippen LogP contribution in [0.2, 0.25) is 0 Å². The summed E-state index contributed by atoms with van der Waals surface area (Å²) in [4.78, 5) is 12.4. The summed E-state index contributed by atoms with van der Waals surface area (Å²) in [6.45, 7) is 12.7. The van der Waals surface area contributed by atoms with Gasteiger partial charge in [-0.05, 0) is 105 Å². The molecule has 4 heteroatoms. The van der Waals surface area contributed by atoms with E-state index in [1.54, 1.807) is 12.1 Å². The van der Waals surface area contributed by atoms with Gasteiger partial charge in [-0.15, -0.1) is 0 Å². The zero-order valence-electron chi connectivity index (χ0n) is 22.4. The third-order valence-electron chi connectivity index (χ3n) is 9.10. The number of carbonyl (C=O) groups is 1. The molecule has 0 aliphatic heterocycles. The second-order valence-corrected chi connectivity index (χ2v) is 12.8. The molecule has 35 heavy (non-hydrogen) atoms. The van der Waals surface area contributed by atoms with E-state index in [0.29, 0.717) is 35.8 Å². The average molecular weight is 481 g/mol. The van der Waals surface area contributed by atoms with Crippen LogP contribution in [0.3, 0.4) is 0 Å². The highest BCUT2D eigenvalue weighted by Crippen LogP contribution is 2.59. The van der Waals surface area contributed by atoms with Crippen molar-refractivity contribution < 1.29 is 19.7 Å². The van der Waals surface area contributed by atoms with Crippen LogP contribution < -0.4 is 0 Å². The van der Waals surface area contributed by atoms with Crippen LogP contribution in [-0.4, -0.2) is 27.4 Å². The summed E-state index contributed by atoms with van der Waals surface area (Å²) >= 11 is 0. The number of aromatic hydroxyl groups is 1. The van der Waals surface area contributed by atoms with Gasteiger partial charge in [0.15, 0.2) is 0 Å². The number of fused-ring (bicyclic) bond motifs is 1. The van der Waals surface area contributed by atoms with Gasteiger partial charge in [-0.2, -0.15) is 0 Å². The number of hydrogen-bond donors (Lipinski definition) is 2. The molecule has 4 aliphatic rings. The van der Waals surface area contributed by atoms with Gasteiger partial charge in [-0.25, -0.2) is 0 Å². The van der Waals surface area contributed by atoms with E-state index in [1.165, 1.54) is 17.4 Å². The van der Waals surface area contributed by atoms with Gasteiger partial charge < -0.3 is 14.9 Å². The van der Waals surface area contributed by atoms with Gasteiger partial charge in [0.25, 0.3) is 0 Å². The van der Waals surface area contributed by atoms with Crippen molar-refractivity contribution >= 4 is 16.7 Å². The summed E-state index contributed by atoms with van der Waals surface area (Å²) in [5.74, 6) is 2.58. The van der Waals surface area contributed by atoms with Crippen molar-refractivity contribution in [3.8, 4) is 5.75 Å². The van der Waals surface area contributed by atoms with E-state index in [9.17, 15) is 15.0 Å². The molecule has 2 aromatic carbocycles. The van der Waals surface area contributed by atoms with Gasteiger partial charge in [0.2, 0.25) is 0 Å². The second-order valence-electron chi connectivity index (χ2n) is 12.8. The van der Waals surface area contributed by atoms with Crippen molar-refractivity contribution in [1.82, 2.24) is 0 Å². The van der Waals surface area contributed by atoms with Gasteiger partial charge in [0.05, 0.1) is 11.0 Å². The van der Waals surface area contributed by atoms with Crippen molar-refractivity contribution in [2.24, 2.45) is 23.2 Å². The quantitative estimate of drug-likeness (QED) is 0.439. The molecule has 4 bridgehead atoms. The summed E-state index contributed by atoms with van der Waals surface area (Å²) in [7, 11) is 0. The van der Waals surface area contributed by atoms with E-state index >= 15 is 0 Å². The normalized spacial score (nSPS) is 30.2. The van der Waals surface area contributed by atoms with Crippen molar-refractivity contribution in [3.63, 3.8) is 0 Å². The van der Waals surface area contributed by atoms with Crippen LogP contribution in [-0.2, 0) is 9.53 Å². The zero-order chi connectivity index (χ0) is 25.6. The molecule has 2 N–H and O–H groups in total. The standard InChI is InChI=1S/C16H26O3.C15H18O/c1-4-14(2,3)13(17)19-16-8-11-5-12(9-16)7-15(18,6-11)10-16;1-10(2)11(3)12-4-5-14-9-15(16)7-6-13(14)8-12/h11-12,18H,4-10H2,1-3H3;4-11,16H,1-3H3. The SMILES string of the molecule is CC(C)C(C)c1ccc2cc(O)ccc2c1.CCC(C)(C)C(=O)OC12CC3CC(CC(O)(C3)C1)C2. The number of benzene rings is 2. The molecule has 4 saturated carbocycles. The Morgan fingerprint density at radius 3 is 2.20 bits per heavy atom. The fourth-order valence-electron chi connectivity index (χ4n) is 6.65. The summed E-state index contributed by atoms with van der Waals surface area (Å²) in [5, 5.41) is 22.3. The molecule has 4 nitrogen and oxygen atoms in total. The van der Waals surface area contributed by atoms with Gasteiger partial charge >= 0.3 is 5.97 Å². The molecular formula is C31H44O4. The van der Waals surface area contributed by atoms with Crippen LogP contribution in [0.5, 0.6) is 5.75 Å². The van der Waals surface area contributed by atoms with Crippen molar-refractivity contribution in [3.05, 3.63) is 42.0 Å². The molecule has 0 aromatic heterocycles. The molecule has 0 amide bonds. The Hall–Kier alpha value is -2.07. The molecule has 2 aromatic rings. The minimum Gasteiger partial charge on any atom is -0.508 e. The predicted molar refractivity (Wildman–Crippen MR) is 141 cm³/mol. The molecule has 0 saturated heterocycles. The lowest BCUT2D eigenvalue weighted by molar-refractivity contribution is -0.225. The third-order valence-corrected chi connectivity index (χ3v) is 9.10. The highest BCUT2D eigenvalue weighted by molar-refractivity contribution is 5.84. The summed E-state index contributed by atoms with van der Waals surface area (Å²) in [6, 6.07) is 12.0. The number of esters is 1. The number of carbonyl (C=O) groups excluding carboxylic acids is 1. The van der Waals surface area contributed by atoms with Crippen LogP contribution in [0, 0.1) is 23.2 Å². The van der Waals surface area contributed by atoms with Gasteiger partial charge in [-0.3, -0.25) is 4.79 Å². The van der Waals surface area contributed by atoms with Crippen molar-refractivity contribution in [1.29, 1.82) is 0 Å². The van der Waals surface area contributed by atoms with E-state index in [1.807, 2.05) is 26.8 Å². The Kier molecular flexibility index (Phi) is 7.00. The summed E-state index contributed by atoms with van der Waals surface area (Å²) in [5.41, 5.74) is 0.0443. The third kappa shape index (κ3) is 5.53. The number of ether oxygens (including phenoxy) is 1. The molecule has 0 spiro atoms.